The minimum atomic E-state index is -4.11. The van der Waals surface area contributed by atoms with Gasteiger partial charge in [-0.15, -0.1) is 0 Å². The fourth-order valence-corrected chi connectivity index (χ4v) is 5.29. The first-order chi connectivity index (χ1) is 19.1. The van der Waals surface area contributed by atoms with Gasteiger partial charge in [0.1, 0.15) is 30.4 Å². The minimum Gasteiger partial charge on any atom is -0.487 e. The first-order valence-corrected chi connectivity index (χ1v) is 14.4. The number of hydrogen-bond acceptors (Lipinski definition) is 7. The van der Waals surface area contributed by atoms with Crippen LogP contribution in [-0.4, -0.2) is 36.8 Å². The van der Waals surface area contributed by atoms with E-state index in [1.54, 1.807) is 56.3 Å². The molecule has 0 saturated carbocycles. The van der Waals surface area contributed by atoms with Gasteiger partial charge in [0.05, 0.1) is 12.3 Å². The summed E-state index contributed by atoms with van der Waals surface area (Å²) in [4.78, 5) is 16.8. The van der Waals surface area contributed by atoms with Crippen molar-refractivity contribution in [1.29, 1.82) is 0 Å². The van der Waals surface area contributed by atoms with Gasteiger partial charge in [-0.2, -0.15) is 12.7 Å². The summed E-state index contributed by atoms with van der Waals surface area (Å²) >= 11 is 6.00. The van der Waals surface area contributed by atoms with Crippen LogP contribution >= 0.6 is 11.6 Å². The Balaban J connectivity index is 1.45. The van der Waals surface area contributed by atoms with Crippen LogP contribution in [0.3, 0.4) is 0 Å². The van der Waals surface area contributed by atoms with Gasteiger partial charge in [0, 0.05) is 17.1 Å². The van der Waals surface area contributed by atoms with E-state index in [9.17, 15) is 13.2 Å². The average molecular weight is 584 g/mol. The Morgan fingerprint density at radius 3 is 2.45 bits per heavy atom. The standard InChI is InChI=1S/C29H30ClN3O6S/c1-4-37-28(34)18-33(40(35,36)32-26-15-12-24(30)16-20(26)2)17-22-10-13-25(14-11-22)38-19-27-21(3)39-29(31-27)23-8-6-5-7-9-23/h5-16,32H,4,17-19H2,1-3H3. The Kier molecular flexibility index (Phi) is 9.46. The van der Waals surface area contributed by atoms with E-state index in [1.807, 2.05) is 37.3 Å². The van der Waals surface area contributed by atoms with Crippen molar-refractivity contribution < 1.29 is 27.1 Å². The van der Waals surface area contributed by atoms with E-state index in [0.717, 1.165) is 9.87 Å². The van der Waals surface area contributed by atoms with Crippen molar-refractivity contribution in [1.82, 2.24) is 9.29 Å². The Morgan fingerprint density at radius 1 is 1.05 bits per heavy atom. The second-order valence-corrected chi connectivity index (χ2v) is 11.1. The largest absolute Gasteiger partial charge is 0.487 e. The number of carbonyl (C=O) groups excluding carboxylic acids is 1. The van der Waals surface area contributed by atoms with Crippen LogP contribution in [0.4, 0.5) is 5.69 Å². The predicted octanol–water partition coefficient (Wildman–Crippen LogP) is 5.91. The molecule has 0 bridgehead atoms. The molecule has 0 radical (unpaired) electrons. The zero-order valence-electron chi connectivity index (χ0n) is 22.4. The highest BCUT2D eigenvalue weighted by atomic mass is 35.5. The van der Waals surface area contributed by atoms with Gasteiger partial charge in [-0.3, -0.25) is 9.52 Å². The molecule has 40 heavy (non-hydrogen) atoms. The van der Waals surface area contributed by atoms with Gasteiger partial charge < -0.3 is 13.9 Å². The van der Waals surface area contributed by atoms with Crippen molar-refractivity contribution in [3.05, 3.63) is 100 Å². The van der Waals surface area contributed by atoms with Crippen LogP contribution in [0, 0.1) is 13.8 Å². The molecule has 0 spiro atoms. The molecule has 0 aliphatic carbocycles. The summed E-state index contributed by atoms with van der Waals surface area (Å²) in [5.41, 5.74) is 3.22. The zero-order valence-corrected chi connectivity index (χ0v) is 24.0. The number of hydrogen-bond donors (Lipinski definition) is 1. The van der Waals surface area contributed by atoms with E-state index in [2.05, 4.69) is 9.71 Å². The normalized spacial score (nSPS) is 11.4. The molecule has 0 saturated heterocycles. The van der Waals surface area contributed by atoms with Crippen molar-refractivity contribution in [2.45, 2.75) is 33.9 Å². The monoisotopic (exact) mass is 583 g/mol. The minimum absolute atomic E-state index is 0.0656. The molecule has 11 heteroatoms. The van der Waals surface area contributed by atoms with Gasteiger partial charge in [-0.05, 0) is 74.4 Å². The lowest BCUT2D eigenvalue weighted by molar-refractivity contribution is -0.143. The maximum Gasteiger partial charge on any atom is 0.321 e. The van der Waals surface area contributed by atoms with Crippen molar-refractivity contribution in [3.8, 4) is 17.2 Å². The van der Waals surface area contributed by atoms with Crippen LogP contribution in [0.1, 0.15) is 29.5 Å². The van der Waals surface area contributed by atoms with Crippen LogP contribution in [0.15, 0.2) is 77.2 Å². The second kappa shape index (κ2) is 13.0. The Labute approximate surface area is 238 Å². The lowest BCUT2D eigenvalue weighted by atomic mass is 10.2. The number of halogens is 1. The molecule has 4 rings (SSSR count). The maximum atomic E-state index is 13.3. The van der Waals surface area contributed by atoms with Gasteiger partial charge in [0.15, 0.2) is 0 Å². The lowest BCUT2D eigenvalue weighted by Crippen LogP contribution is -2.39. The maximum absolute atomic E-state index is 13.3. The molecule has 1 heterocycles. The van der Waals surface area contributed by atoms with Gasteiger partial charge in [0.25, 0.3) is 0 Å². The molecular weight excluding hydrogens is 554 g/mol. The molecule has 9 nitrogen and oxygen atoms in total. The number of nitrogens with zero attached hydrogens (tertiary/aromatic N) is 2. The van der Waals surface area contributed by atoms with Gasteiger partial charge in [0.2, 0.25) is 5.89 Å². The number of ether oxygens (including phenoxy) is 2. The summed E-state index contributed by atoms with van der Waals surface area (Å²) in [7, 11) is -4.11. The van der Waals surface area contributed by atoms with E-state index in [1.165, 1.54) is 0 Å². The number of nitrogens with one attached hydrogen (secondary N) is 1. The number of oxazole rings is 1. The highest BCUT2D eigenvalue weighted by Gasteiger charge is 2.26. The number of rotatable bonds is 12. The van der Waals surface area contributed by atoms with Gasteiger partial charge >= 0.3 is 16.2 Å². The number of aromatic nitrogens is 1. The molecule has 4 aromatic rings. The third kappa shape index (κ3) is 7.62. The highest BCUT2D eigenvalue weighted by molar-refractivity contribution is 7.90. The van der Waals surface area contributed by atoms with E-state index in [-0.39, 0.29) is 19.8 Å². The van der Waals surface area contributed by atoms with Crippen molar-refractivity contribution >= 4 is 33.5 Å². The number of anilines is 1. The first-order valence-electron chi connectivity index (χ1n) is 12.6. The fraction of sp³-hybridized carbons (Fsp3) is 0.241. The van der Waals surface area contributed by atoms with E-state index >= 15 is 0 Å². The first kappa shape index (κ1) is 29.1. The molecule has 0 fully saturated rings. The predicted molar refractivity (Wildman–Crippen MR) is 153 cm³/mol. The Morgan fingerprint density at radius 2 is 1.77 bits per heavy atom. The smallest absolute Gasteiger partial charge is 0.321 e. The number of esters is 1. The molecule has 1 aromatic heterocycles. The topological polar surface area (TPSA) is 111 Å². The van der Waals surface area contributed by atoms with E-state index in [4.69, 9.17) is 25.5 Å². The number of aryl methyl sites for hydroxylation is 2. The number of carbonyl (C=O) groups is 1. The van der Waals surface area contributed by atoms with Crippen LogP contribution in [0.2, 0.25) is 5.02 Å². The van der Waals surface area contributed by atoms with E-state index in [0.29, 0.717) is 44.9 Å². The Bertz CT molecular complexity index is 1560. The van der Waals surface area contributed by atoms with Crippen LogP contribution in [0.5, 0.6) is 5.75 Å². The molecule has 210 valence electrons. The molecule has 0 atom stereocenters. The summed E-state index contributed by atoms with van der Waals surface area (Å²) in [6.07, 6.45) is 0. The van der Waals surface area contributed by atoms with Crippen molar-refractivity contribution in [2.24, 2.45) is 0 Å². The Hall–Kier alpha value is -3.86. The molecule has 0 aliphatic heterocycles. The van der Waals surface area contributed by atoms with Crippen LogP contribution in [-0.2, 0) is 32.9 Å². The average Bonchev–Trinajstić information content (AvgIpc) is 3.30. The summed E-state index contributed by atoms with van der Waals surface area (Å²) in [5.74, 6) is 1.11. The lowest BCUT2D eigenvalue weighted by Gasteiger charge is -2.23. The molecule has 1 N–H and O–H groups in total. The summed E-state index contributed by atoms with van der Waals surface area (Å²) in [5, 5.41) is 0.487. The van der Waals surface area contributed by atoms with Crippen molar-refractivity contribution in [3.63, 3.8) is 0 Å². The third-order valence-electron chi connectivity index (χ3n) is 5.95. The zero-order chi connectivity index (χ0) is 28.7. The molecule has 0 unspecified atom stereocenters. The number of benzene rings is 3. The quantitative estimate of drug-likeness (QED) is 0.206. The van der Waals surface area contributed by atoms with Crippen LogP contribution in [0.25, 0.3) is 11.5 Å². The molecule has 0 amide bonds. The fourth-order valence-electron chi connectivity index (χ4n) is 3.83. The third-order valence-corrected chi connectivity index (χ3v) is 7.60. The highest BCUT2D eigenvalue weighted by Crippen LogP contribution is 2.24. The summed E-state index contributed by atoms with van der Waals surface area (Å²) in [6.45, 7) is 5.05. The van der Waals surface area contributed by atoms with Gasteiger partial charge in [-0.25, -0.2) is 4.98 Å². The molecule has 3 aromatic carbocycles. The van der Waals surface area contributed by atoms with Gasteiger partial charge in [-0.1, -0.05) is 41.9 Å². The second-order valence-electron chi connectivity index (χ2n) is 8.96. The SMILES string of the molecule is CCOC(=O)CN(Cc1ccc(OCc2nc(-c3ccccc3)oc2C)cc1)S(=O)(=O)Nc1ccc(Cl)cc1C. The van der Waals surface area contributed by atoms with E-state index < -0.39 is 22.7 Å². The molecular formula is C29H30ClN3O6S. The molecule has 0 aliphatic rings. The van der Waals surface area contributed by atoms with Crippen LogP contribution < -0.4 is 9.46 Å². The summed E-state index contributed by atoms with van der Waals surface area (Å²) in [6, 6.07) is 21.4. The van der Waals surface area contributed by atoms with Crippen molar-refractivity contribution in [2.75, 3.05) is 17.9 Å². The summed E-state index contributed by atoms with van der Waals surface area (Å²) < 4.78 is 46.8.